The lowest BCUT2D eigenvalue weighted by atomic mass is 10.1. The number of benzene rings is 2. The molecule has 0 saturated carbocycles. The molecule has 1 heterocycles. The second kappa shape index (κ2) is 8.22. The van der Waals surface area contributed by atoms with Gasteiger partial charge in [0.05, 0.1) is 17.4 Å². The highest BCUT2D eigenvalue weighted by Gasteiger charge is 2.10. The van der Waals surface area contributed by atoms with Gasteiger partial charge in [-0.2, -0.15) is 0 Å². The first-order valence-corrected chi connectivity index (χ1v) is 9.50. The maximum atomic E-state index is 12.0. The van der Waals surface area contributed by atoms with Crippen LogP contribution in [0.2, 0.25) is 0 Å². The number of hydrogen-bond acceptors (Lipinski definition) is 6. The summed E-state index contributed by atoms with van der Waals surface area (Å²) in [4.78, 5) is 17.5. The van der Waals surface area contributed by atoms with Crippen LogP contribution in [0.15, 0.2) is 48.5 Å². The lowest BCUT2D eigenvalue weighted by molar-refractivity contribution is 0.0377. The Balaban J connectivity index is 1.65. The van der Waals surface area contributed by atoms with Gasteiger partial charge >= 0.3 is 5.97 Å². The number of aromatic nitrogens is 1. The van der Waals surface area contributed by atoms with Crippen LogP contribution in [-0.4, -0.2) is 17.1 Å². The van der Waals surface area contributed by atoms with Crippen LogP contribution >= 0.6 is 11.3 Å². The minimum atomic E-state index is -0.325. The van der Waals surface area contributed by atoms with Gasteiger partial charge in [-0.25, -0.2) is 9.78 Å². The summed E-state index contributed by atoms with van der Waals surface area (Å²) < 4.78 is 11.1. The number of nitrogen functional groups attached to an aromatic ring is 1. The summed E-state index contributed by atoms with van der Waals surface area (Å²) >= 11 is 1.48. The van der Waals surface area contributed by atoms with Crippen LogP contribution in [0.5, 0.6) is 5.75 Å². The van der Waals surface area contributed by atoms with Gasteiger partial charge in [0.15, 0.2) is 5.13 Å². The van der Waals surface area contributed by atoms with E-state index in [0.29, 0.717) is 17.3 Å². The fourth-order valence-electron chi connectivity index (χ4n) is 2.63. The minimum absolute atomic E-state index is 0.146. The van der Waals surface area contributed by atoms with Crippen molar-refractivity contribution in [3.8, 4) is 17.0 Å². The Morgan fingerprint density at radius 2 is 1.93 bits per heavy atom. The first kappa shape index (κ1) is 18.9. The van der Waals surface area contributed by atoms with E-state index in [1.807, 2.05) is 57.2 Å². The van der Waals surface area contributed by atoms with E-state index in [2.05, 4.69) is 4.98 Å². The van der Waals surface area contributed by atoms with Gasteiger partial charge in [-0.1, -0.05) is 12.1 Å². The number of carbonyl (C=O) groups excluding carboxylic acids is 1. The van der Waals surface area contributed by atoms with Gasteiger partial charge in [-0.05, 0) is 62.7 Å². The molecule has 0 aliphatic rings. The van der Waals surface area contributed by atoms with Gasteiger partial charge in [0.1, 0.15) is 12.4 Å². The van der Waals surface area contributed by atoms with E-state index >= 15 is 0 Å². The van der Waals surface area contributed by atoms with Gasteiger partial charge in [-0.3, -0.25) is 0 Å². The van der Waals surface area contributed by atoms with Crippen molar-refractivity contribution in [2.45, 2.75) is 33.5 Å². The van der Waals surface area contributed by atoms with Crippen LogP contribution in [0.3, 0.4) is 0 Å². The van der Waals surface area contributed by atoms with Crippen LogP contribution in [0.4, 0.5) is 5.13 Å². The predicted molar refractivity (Wildman–Crippen MR) is 108 cm³/mol. The van der Waals surface area contributed by atoms with E-state index in [-0.39, 0.29) is 12.1 Å². The molecule has 140 valence electrons. The molecular weight excluding hydrogens is 360 g/mol. The smallest absolute Gasteiger partial charge is 0.338 e. The number of thiazole rings is 1. The monoisotopic (exact) mass is 382 g/mol. The normalized spacial score (nSPS) is 10.8. The van der Waals surface area contributed by atoms with Crippen LogP contribution < -0.4 is 10.5 Å². The lowest BCUT2D eigenvalue weighted by Gasteiger charge is -2.10. The Kier molecular flexibility index (Phi) is 5.76. The molecule has 0 saturated heterocycles. The molecule has 0 amide bonds. The van der Waals surface area contributed by atoms with Crippen LogP contribution in [-0.2, 0) is 11.3 Å². The average molecular weight is 382 g/mol. The number of nitrogens with two attached hydrogens (primary N) is 1. The zero-order valence-electron chi connectivity index (χ0n) is 15.6. The number of carbonyl (C=O) groups is 1. The summed E-state index contributed by atoms with van der Waals surface area (Å²) in [5.74, 6) is 0.420. The molecule has 6 heteroatoms. The second-order valence-corrected chi connectivity index (χ2v) is 7.66. The molecular formula is C21H22N2O3S. The molecule has 1 aromatic heterocycles. The van der Waals surface area contributed by atoms with E-state index < -0.39 is 0 Å². The van der Waals surface area contributed by atoms with Gasteiger partial charge in [0, 0.05) is 10.4 Å². The standard InChI is InChI=1S/C21H22N2O3S/c1-13(2)26-20(24)17-6-4-5-15(11-17)12-25-18-9-7-16(8-10-18)19-14(3)27-21(22)23-19/h4-11,13H,12H2,1-3H3,(H2,22,23). The average Bonchev–Trinajstić information content (AvgIpc) is 2.98. The van der Waals surface area contributed by atoms with Crippen molar-refractivity contribution >= 4 is 22.4 Å². The second-order valence-electron chi connectivity index (χ2n) is 6.42. The van der Waals surface area contributed by atoms with Crippen LogP contribution in [0, 0.1) is 6.92 Å². The Labute approximate surface area is 162 Å². The zero-order valence-corrected chi connectivity index (χ0v) is 16.4. The third kappa shape index (κ3) is 4.86. The van der Waals surface area contributed by atoms with Gasteiger partial charge in [0.2, 0.25) is 0 Å². The molecule has 0 unspecified atom stereocenters. The van der Waals surface area contributed by atoms with Crippen molar-refractivity contribution in [3.05, 3.63) is 64.5 Å². The Morgan fingerprint density at radius 3 is 2.56 bits per heavy atom. The number of rotatable bonds is 6. The summed E-state index contributed by atoms with van der Waals surface area (Å²) in [6.07, 6.45) is -0.146. The number of anilines is 1. The molecule has 5 nitrogen and oxygen atoms in total. The number of aryl methyl sites for hydroxylation is 1. The van der Waals surface area contributed by atoms with E-state index in [1.54, 1.807) is 12.1 Å². The van der Waals surface area contributed by atoms with Crippen molar-refractivity contribution in [2.75, 3.05) is 5.73 Å². The zero-order chi connectivity index (χ0) is 19.4. The van der Waals surface area contributed by atoms with Crippen molar-refractivity contribution in [1.29, 1.82) is 0 Å². The highest BCUT2D eigenvalue weighted by molar-refractivity contribution is 7.15. The summed E-state index contributed by atoms with van der Waals surface area (Å²) in [6, 6.07) is 15.0. The maximum Gasteiger partial charge on any atom is 0.338 e. The van der Waals surface area contributed by atoms with Crippen molar-refractivity contribution < 1.29 is 14.3 Å². The van der Waals surface area contributed by atoms with E-state index in [4.69, 9.17) is 15.2 Å². The Morgan fingerprint density at radius 1 is 1.19 bits per heavy atom. The highest BCUT2D eigenvalue weighted by atomic mass is 32.1. The third-order valence-electron chi connectivity index (χ3n) is 3.85. The predicted octanol–water partition coefficient (Wildman–Crippen LogP) is 4.84. The molecule has 0 bridgehead atoms. The Hall–Kier alpha value is -2.86. The highest BCUT2D eigenvalue weighted by Crippen LogP contribution is 2.30. The van der Waals surface area contributed by atoms with Crippen molar-refractivity contribution in [2.24, 2.45) is 0 Å². The third-order valence-corrected chi connectivity index (χ3v) is 4.65. The quantitative estimate of drug-likeness (QED) is 0.617. The van der Waals surface area contributed by atoms with Crippen LogP contribution in [0.1, 0.15) is 34.6 Å². The molecule has 27 heavy (non-hydrogen) atoms. The molecule has 3 aromatic rings. The molecule has 2 N–H and O–H groups in total. The summed E-state index contributed by atoms with van der Waals surface area (Å²) in [5.41, 5.74) is 9.11. The summed E-state index contributed by atoms with van der Waals surface area (Å²) in [5, 5.41) is 0.568. The number of nitrogens with zero attached hydrogens (tertiary/aromatic N) is 1. The SMILES string of the molecule is Cc1sc(N)nc1-c1ccc(OCc2cccc(C(=O)OC(C)C)c2)cc1. The molecule has 0 fully saturated rings. The first-order chi connectivity index (χ1) is 12.9. The van der Waals surface area contributed by atoms with Crippen molar-refractivity contribution in [3.63, 3.8) is 0 Å². The molecule has 0 aliphatic heterocycles. The largest absolute Gasteiger partial charge is 0.489 e. The topological polar surface area (TPSA) is 74.4 Å². The maximum absolute atomic E-state index is 12.0. The number of ether oxygens (including phenoxy) is 2. The van der Waals surface area contributed by atoms with Gasteiger partial charge < -0.3 is 15.2 Å². The molecule has 0 aliphatic carbocycles. The molecule has 3 rings (SSSR count). The number of hydrogen-bond donors (Lipinski definition) is 1. The molecule has 0 spiro atoms. The van der Waals surface area contributed by atoms with Gasteiger partial charge in [-0.15, -0.1) is 11.3 Å². The van der Waals surface area contributed by atoms with E-state index in [0.717, 1.165) is 27.4 Å². The summed E-state index contributed by atoms with van der Waals surface area (Å²) in [6.45, 7) is 6.03. The van der Waals surface area contributed by atoms with Crippen LogP contribution in [0.25, 0.3) is 11.3 Å². The molecule has 2 aromatic carbocycles. The Bertz CT molecular complexity index is 933. The first-order valence-electron chi connectivity index (χ1n) is 8.68. The lowest BCUT2D eigenvalue weighted by Crippen LogP contribution is -2.12. The van der Waals surface area contributed by atoms with E-state index in [9.17, 15) is 4.79 Å². The fourth-order valence-corrected chi connectivity index (χ4v) is 3.34. The minimum Gasteiger partial charge on any atom is -0.489 e. The van der Waals surface area contributed by atoms with Crippen molar-refractivity contribution in [1.82, 2.24) is 4.98 Å². The number of esters is 1. The fraction of sp³-hybridized carbons (Fsp3) is 0.238. The molecule has 0 radical (unpaired) electrons. The molecule has 0 atom stereocenters. The summed E-state index contributed by atoms with van der Waals surface area (Å²) in [7, 11) is 0. The van der Waals surface area contributed by atoms with E-state index in [1.165, 1.54) is 11.3 Å². The van der Waals surface area contributed by atoms with Gasteiger partial charge in [0.25, 0.3) is 0 Å².